The maximum Gasteiger partial charge on any atom is 0.416 e. The van der Waals surface area contributed by atoms with E-state index in [1.54, 1.807) is 4.90 Å². The molecule has 1 fully saturated rings. The minimum atomic E-state index is -4.35. The SMILES string of the molecule is CC(=O)N1CCN(C)C(C(=O)NCCc2ccc(C(F)(F)F)cc2)C1. The third-order valence-electron chi connectivity index (χ3n) is 4.39. The van der Waals surface area contributed by atoms with E-state index in [4.69, 9.17) is 0 Å². The van der Waals surface area contributed by atoms with Gasteiger partial charge in [0.15, 0.2) is 0 Å². The van der Waals surface area contributed by atoms with E-state index in [0.717, 1.165) is 17.7 Å². The van der Waals surface area contributed by atoms with Crippen LogP contribution in [0.3, 0.4) is 0 Å². The van der Waals surface area contributed by atoms with Crippen LogP contribution in [0.2, 0.25) is 0 Å². The van der Waals surface area contributed by atoms with Crippen molar-refractivity contribution in [3.8, 4) is 0 Å². The summed E-state index contributed by atoms with van der Waals surface area (Å²) in [5.41, 5.74) is 0.0316. The van der Waals surface area contributed by atoms with E-state index in [1.807, 2.05) is 11.9 Å². The number of hydrogen-bond acceptors (Lipinski definition) is 3. The smallest absolute Gasteiger partial charge is 0.354 e. The highest BCUT2D eigenvalue weighted by atomic mass is 19.4. The van der Waals surface area contributed by atoms with Gasteiger partial charge in [0.25, 0.3) is 0 Å². The molecule has 0 bridgehead atoms. The first-order valence-electron chi connectivity index (χ1n) is 8.08. The number of hydrogen-bond donors (Lipinski definition) is 1. The number of carbonyl (C=O) groups is 2. The second kappa shape index (κ2) is 7.86. The summed E-state index contributed by atoms with van der Waals surface area (Å²) in [6, 6.07) is 4.50. The Morgan fingerprint density at radius 3 is 2.40 bits per heavy atom. The molecule has 0 saturated carbocycles. The lowest BCUT2D eigenvalue weighted by Gasteiger charge is -2.38. The van der Waals surface area contributed by atoms with Crippen LogP contribution < -0.4 is 5.32 Å². The molecule has 1 aromatic rings. The molecule has 138 valence electrons. The Balaban J connectivity index is 1.84. The van der Waals surface area contributed by atoms with Crippen molar-refractivity contribution in [1.82, 2.24) is 15.1 Å². The van der Waals surface area contributed by atoms with Gasteiger partial charge in [0.05, 0.1) is 5.56 Å². The first kappa shape index (κ1) is 19.2. The molecular weight excluding hydrogens is 335 g/mol. The van der Waals surface area contributed by atoms with E-state index in [1.165, 1.54) is 19.1 Å². The largest absolute Gasteiger partial charge is 0.416 e. The summed E-state index contributed by atoms with van der Waals surface area (Å²) in [5.74, 6) is -0.240. The van der Waals surface area contributed by atoms with E-state index in [-0.39, 0.29) is 11.8 Å². The number of likely N-dealkylation sites (N-methyl/N-ethyl adjacent to an activating group) is 1. The maximum atomic E-state index is 12.5. The molecule has 1 aliphatic heterocycles. The number of nitrogens with zero attached hydrogens (tertiary/aromatic N) is 2. The van der Waals surface area contributed by atoms with E-state index in [9.17, 15) is 22.8 Å². The van der Waals surface area contributed by atoms with Crippen molar-refractivity contribution < 1.29 is 22.8 Å². The van der Waals surface area contributed by atoms with Crippen LogP contribution >= 0.6 is 0 Å². The van der Waals surface area contributed by atoms with E-state index in [0.29, 0.717) is 32.6 Å². The van der Waals surface area contributed by atoms with Gasteiger partial charge in [-0.1, -0.05) is 12.1 Å². The van der Waals surface area contributed by atoms with Crippen LogP contribution in [0.15, 0.2) is 24.3 Å². The van der Waals surface area contributed by atoms with Gasteiger partial charge < -0.3 is 10.2 Å². The predicted octanol–water partition coefficient (Wildman–Crippen LogP) is 1.53. The fourth-order valence-corrected chi connectivity index (χ4v) is 2.75. The number of benzene rings is 1. The number of alkyl halides is 3. The van der Waals surface area contributed by atoms with E-state index < -0.39 is 17.8 Å². The molecule has 1 saturated heterocycles. The van der Waals surface area contributed by atoms with Crippen molar-refractivity contribution in [2.24, 2.45) is 0 Å². The number of rotatable bonds is 4. The molecule has 0 aromatic heterocycles. The molecule has 2 amide bonds. The molecule has 1 heterocycles. The molecule has 0 spiro atoms. The third kappa shape index (κ3) is 5.19. The van der Waals surface area contributed by atoms with Crippen LogP contribution in [0.1, 0.15) is 18.1 Å². The Bertz CT molecular complexity index is 617. The van der Waals surface area contributed by atoms with Gasteiger partial charge in [0.1, 0.15) is 6.04 Å². The normalized spacial score (nSPS) is 18.9. The molecule has 1 atom stereocenters. The van der Waals surface area contributed by atoms with Crippen LogP contribution in [0.4, 0.5) is 13.2 Å². The fourth-order valence-electron chi connectivity index (χ4n) is 2.75. The molecule has 25 heavy (non-hydrogen) atoms. The topological polar surface area (TPSA) is 52.7 Å². The van der Waals surface area contributed by atoms with Gasteiger partial charge >= 0.3 is 6.18 Å². The van der Waals surface area contributed by atoms with Crippen LogP contribution in [0.25, 0.3) is 0 Å². The standard InChI is InChI=1S/C17H22F3N3O2/c1-12(24)23-10-9-22(2)15(11-23)16(25)21-8-7-13-3-5-14(6-4-13)17(18,19)20/h3-6,15H,7-11H2,1-2H3,(H,21,25). The molecule has 0 radical (unpaired) electrons. The molecule has 0 aliphatic carbocycles. The monoisotopic (exact) mass is 357 g/mol. The highest BCUT2D eigenvalue weighted by Gasteiger charge is 2.31. The zero-order chi connectivity index (χ0) is 18.6. The average Bonchev–Trinajstić information content (AvgIpc) is 2.54. The van der Waals surface area contributed by atoms with Gasteiger partial charge in [-0.05, 0) is 31.2 Å². The first-order chi connectivity index (χ1) is 11.7. The summed E-state index contributed by atoms with van der Waals surface area (Å²) < 4.78 is 37.6. The number of amides is 2. The van der Waals surface area contributed by atoms with Crippen molar-refractivity contribution in [1.29, 1.82) is 0 Å². The number of nitrogens with one attached hydrogen (secondary N) is 1. The number of halogens is 3. The summed E-state index contributed by atoms with van der Waals surface area (Å²) in [4.78, 5) is 27.3. The molecular formula is C17H22F3N3O2. The van der Waals surface area contributed by atoms with Gasteiger partial charge in [-0.15, -0.1) is 0 Å². The molecule has 1 unspecified atom stereocenters. The molecule has 5 nitrogen and oxygen atoms in total. The van der Waals surface area contributed by atoms with Crippen molar-refractivity contribution in [3.63, 3.8) is 0 Å². The lowest BCUT2D eigenvalue weighted by Crippen LogP contribution is -2.58. The minimum absolute atomic E-state index is 0.0596. The summed E-state index contributed by atoms with van der Waals surface area (Å²) in [6.45, 7) is 3.37. The zero-order valence-electron chi connectivity index (χ0n) is 14.3. The summed E-state index contributed by atoms with van der Waals surface area (Å²) in [5, 5.41) is 2.79. The molecule has 1 N–H and O–H groups in total. The zero-order valence-corrected chi connectivity index (χ0v) is 14.3. The predicted molar refractivity (Wildman–Crippen MR) is 86.8 cm³/mol. The Kier molecular flexibility index (Phi) is 6.05. The molecule has 1 aliphatic rings. The number of piperazine rings is 1. The second-order valence-electron chi connectivity index (χ2n) is 6.20. The van der Waals surface area contributed by atoms with Crippen molar-refractivity contribution >= 4 is 11.8 Å². The van der Waals surface area contributed by atoms with Crippen LogP contribution in [0, 0.1) is 0 Å². The van der Waals surface area contributed by atoms with Gasteiger partial charge in [0, 0.05) is 33.1 Å². The summed E-state index contributed by atoms with van der Waals surface area (Å²) in [7, 11) is 1.83. The van der Waals surface area contributed by atoms with Gasteiger partial charge in [-0.2, -0.15) is 13.2 Å². The maximum absolute atomic E-state index is 12.5. The minimum Gasteiger partial charge on any atom is -0.354 e. The van der Waals surface area contributed by atoms with Gasteiger partial charge in [-0.25, -0.2) is 0 Å². The van der Waals surface area contributed by atoms with Crippen molar-refractivity contribution in [2.45, 2.75) is 25.6 Å². The summed E-state index contributed by atoms with van der Waals surface area (Å²) in [6.07, 6.45) is -3.91. The quantitative estimate of drug-likeness (QED) is 0.889. The van der Waals surface area contributed by atoms with Gasteiger partial charge in [0.2, 0.25) is 11.8 Å². The lowest BCUT2D eigenvalue weighted by molar-refractivity contribution is -0.138. The Labute approximate surface area is 144 Å². The Morgan fingerprint density at radius 2 is 1.84 bits per heavy atom. The van der Waals surface area contributed by atoms with Crippen LogP contribution in [-0.2, 0) is 22.2 Å². The highest BCUT2D eigenvalue weighted by molar-refractivity contribution is 5.83. The Hall–Kier alpha value is -2.09. The van der Waals surface area contributed by atoms with E-state index >= 15 is 0 Å². The average molecular weight is 357 g/mol. The first-order valence-corrected chi connectivity index (χ1v) is 8.08. The number of carbonyl (C=O) groups excluding carboxylic acids is 2. The van der Waals surface area contributed by atoms with Crippen molar-refractivity contribution in [3.05, 3.63) is 35.4 Å². The second-order valence-corrected chi connectivity index (χ2v) is 6.20. The Morgan fingerprint density at radius 1 is 1.20 bits per heavy atom. The lowest BCUT2D eigenvalue weighted by atomic mass is 10.1. The van der Waals surface area contributed by atoms with Crippen LogP contribution in [-0.4, -0.2) is 60.9 Å². The summed E-state index contributed by atoms with van der Waals surface area (Å²) >= 11 is 0. The van der Waals surface area contributed by atoms with Crippen LogP contribution in [0.5, 0.6) is 0 Å². The molecule has 1 aromatic carbocycles. The van der Waals surface area contributed by atoms with Crippen molar-refractivity contribution in [2.75, 3.05) is 33.2 Å². The third-order valence-corrected chi connectivity index (χ3v) is 4.39. The van der Waals surface area contributed by atoms with Gasteiger partial charge in [-0.3, -0.25) is 14.5 Å². The highest BCUT2D eigenvalue weighted by Crippen LogP contribution is 2.29. The fraction of sp³-hybridized carbons (Fsp3) is 0.529. The molecule has 2 rings (SSSR count). The van der Waals surface area contributed by atoms with E-state index in [2.05, 4.69) is 5.32 Å². The molecule has 8 heteroatoms.